The van der Waals surface area contributed by atoms with Crippen molar-refractivity contribution in [2.45, 2.75) is 26.2 Å². The molecule has 1 aromatic rings. The normalized spacial score (nSPS) is 18.0. The van der Waals surface area contributed by atoms with Crippen molar-refractivity contribution in [3.63, 3.8) is 0 Å². The maximum absolute atomic E-state index is 12.3. The van der Waals surface area contributed by atoms with Crippen LogP contribution in [0.15, 0.2) is 21.7 Å². The average molecular weight is 419 g/mol. The van der Waals surface area contributed by atoms with E-state index in [-0.39, 0.29) is 11.8 Å². The predicted octanol–water partition coefficient (Wildman–Crippen LogP) is 0.523. The molecule has 2 fully saturated rings. The minimum atomic E-state index is -0.179. The summed E-state index contributed by atoms with van der Waals surface area (Å²) < 4.78 is 5.20. The molecule has 2 N–H and O–H groups in total. The summed E-state index contributed by atoms with van der Waals surface area (Å²) in [5.74, 6) is 1.32. The quantitative estimate of drug-likeness (QED) is 0.381. The number of guanidine groups is 1. The number of aryl methyl sites for hydroxylation is 1. The first-order chi connectivity index (χ1) is 14.6. The molecule has 0 spiro atoms. The lowest BCUT2D eigenvalue weighted by Crippen LogP contribution is -2.54. The highest BCUT2D eigenvalue weighted by atomic mass is 16.3. The Morgan fingerprint density at radius 3 is 2.37 bits per heavy atom. The maximum atomic E-state index is 12.3. The molecule has 2 aliphatic heterocycles. The summed E-state index contributed by atoms with van der Waals surface area (Å²) in [5.41, 5.74) is 0.840. The van der Waals surface area contributed by atoms with Crippen molar-refractivity contribution in [2.75, 3.05) is 66.0 Å². The lowest BCUT2D eigenvalue weighted by Gasteiger charge is -2.36. The van der Waals surface area contributed by atoms with Crippen LogP contribution in [0.1, 0.15) is 35.4 Å². The third kappa shape index (κ3) is 5.98. The third-order valence-electron chi connectivity index (χ3n) is 5.69. The summed E-state index contributed by atoms with van der Waals surface area (Å²) >= 11 is 0. The largest absolute Gasteiger partial charge is 0.459 e. The molecule has 0 radical (unpaired) electrons. The molecule has 1 aromatic heterocycles. The fourth-order valence-corrected chi connectivity index (χ4v) is 3.88. The van der Waals surface area contributed by atoms with Gasteiger partial charge in [0.05, 0.1) is 12.8 Å². The van der Waals surface area contributed by atoms with Gasteiger partial charge in [-0.25, -0.2) is 0 Å². The molecule has 3 rings (SSSR count). The molecule has 0 unspecified atom stereocenters. The molecule has 9 heteroatoms. The standard InChI is InChI=1S/C21H34N6O3/c1-17-6-15-30-19(17)20(29)23-7-5-8-24-21(22-2)27-13-11-25(12-14-27)16-18(28)26-9-3-4-10-26/h6,15H,3-5,7-14,16H2,1-2H3,(H,22,24)(H,23,29). The molecule has 0 atom stereocenters. The van der Waals surface area contributed by atoms with Crippen molar-refractivity contribution in [3.05, 3.63) is 23.7 Å². The lowest BCUT2D eigenvalue weighted by atomic mass is 10.2. The van der Waals surface area contributed by atoms with E-state index in [4.69, 9.17) is 4.42 Å². The zero-order chi connectivity index (χ0) is 21.3. The van der Waals surface area contributed by atoms with Crippen LogP contribution in [0.3, 0.4) is 0 Å². The van der Waals surface area contributed by atoms with Gasteiger partial charge in [0.15, 0.2) is 11.7 Å². The maximum Gasteiger partial charge on any atom is 0.287 e. The Labute approximate surface area is 178 Å². The van der Waals surface area contributed by atoms with E-state index < -0.39 is 0 Å². The van der Waals surface area contributed by atoms with Gasteiger partial charge in [-0.15, -0.1) is 0 Å². The van der Waals surface area contributed by atoms with Crippen molar-refractivity contribution < 1.29 is 14.0 Å². The highest BCUT2D eigenvalue weighted by Crippen LogP contribution is 2.10. The molecule has 0 saturated carbocycles. The Hall–Kier alpha value is -2.55. The van der Waals surface area contributed by atoms with Crippen molar-refractivity contribution in [2.24, 2.45) is 4.99 Å². The van der Waals surface area contributed by atoms with E-state index in [9.17, 15) is 9.59 Å². The van der Waals surface area contributed by atoms with Gasteiger partial charge in [-0.2, -0.15) is 0 Å². The Balaban J connectivity index is 1.31. The van der Waals surface area contributed by atoms with Gasteiger partial charge in [-0.05, 0) is 32.3 Å². The summed E-state index contributed by atoms with van der Waals surface area (Å²) in [6, 6.07) is 1.78. The summed E-state index contributed by atoms with van der Waals surface area (Å²) in [5, 5.41) is 6.24. The number of nitrogens with one attached hydrogen (secondary N) is 2. The van der Waals surface area contributed by atoms with Gasteiger partial charge in [-0.1, -0.05) is 0 Å². The molecule has 0 aromatic carbocycles. The number of piperazine rings is 1. The van der Waals surface area contributed by atoms with Crippen molar-refractivity contribution in [3.8, 4) is 0 Å². The van der Waals surface area contributed by atoms with E-state index in [0.717, 1.165) is 76.6 Å². The van der Waals surface area contributed by atoms with Crippen LogP contribution < -0.4 is 10.6 Å². The first-order valence-electron chi connectivity index (χ1n) is 10.9. The van der Waals surface area contributed by atoms with Gasteiger partial charge in [0.25, 0.3) is 5.91 Å². The zero-order valence-electron chi connectivity index (χ0n) is 18.2. The van der Waals surface area contributed by atoms with Gasteiger partial charge in [0.1, 0.15) is 0 Å². The summed E-state index contributed by atoms with van der Waals surface area (Å²) in [7, 11) is 1.78. The van der Waals surface area contributed by atoms with Crippen LogP contribution in [-0.2, 0) is 4.79 Å². The number of carbonyl (C=O) groups is 2. The predicted molar refractivity (Wildman–Crippen MR) is 116 cm³/mol. The Bertz CT molecular complexity index is 733. The van der Waals surface area contributed by atoms with Gasteiger partial charge in [-0.3, -0.25) is 19.5 Å². The number of hydrogen-bond donors (Lipinski definition) is 2. The van der Waals surface area contributed by atoms with E-state index >= 15 is 0 Å². The SMILES string of the molecule is CN=C(NCCCNC(=O)c1occc1C)N1CCN(CC(=O)N2CCCC2)CC1. The van der Waals surface area contributed by atoms with Crippen molar-refractivity contribution >= 4 is 17.8 Å². The molecular formula is C21H34N6O3. The van der Waals surface area contributed by atoms with Crippen LogP contribution in [0, 0.1) is 6.92 Å². The Kier molecular flexibility index (Phi) is 8.12. The molecule has 30 heavy (non-hydrogen) atoms. The second-order valence-corrected chi connectivity index (χ2v) is 7.87. The van der Waals surface area contributed by atoms with Gasteiger partial charge >= 0.3 is 0 Å². The summed E-state index contributed by atoms with van der Waals surface area (Å²) in [6.45, 7) is 8.91. The minimum Gasteiger partial charge on any atom is -0.459 e. The number of hydrogen-bond acceptors (Lipinski definition) is 5. The number of carbonyl (C=O) groups excluding carboxylic acids is 2. The van der Waals surface area contributed by atoms with Crippen molar-refractivity contribution in [1.82, 2.24) is 25.3 Å². The Morgan fingerprint density at radius 2 is 1.73 bits per heavy atom. The first-order valence-corrected chi connectivity index (χ1v) is 10.9. The highest BCUT2D eigenvalue weighted by molar-refractivity contribution is 5.92. The highest BCUT2D eigenvalue weighted by Gasteiger charge is 2.24. The number of aliphatic imine (C=N–C) groups is 1. The van der Waals surface area contributed by atoms with Crippen LogP contribution in [0.2, 0.25) is 0 Å². The number of nitrogens with zero attached hydrogens (tertiary/aromatic N) is 4. The Morgan fingerprint density at radius 1 is 1.03 bits per heavy atom. The fourth-order valence-electron chi connectivity index (χ4n) is 3.88. The minimum absolute atomic E-state index is 0.179. The number of amides is 2. The lowest BCUT2D eigenvalue weighted by molar-refractivity contribution is -0.131. The third-order valence-corrected chi connectivity index (χ3v) is 5.69. The van der Waals surface area contributed by atoms with Crippen LogP contribution in [-0.4, -0.2) is 98.4 Å². The molecule has 2 aliphatic rings. The van der Waals surface area contributed by atoms with Crippen LogP contribution in [0.25, 0.3) is 0 Å². The molecule has 9 nitrogen and oxygen atoms in total. The van der Waals surface area contributed by atoms with Crippen LogP contribution in [0.5, 0.6) is 0 Å². The average Bonchev–Trinajstić information content (AvgIpc) is 3.43. The second-order valence-electron chi connectivity index (χ2n) is 7.87. The molecule has 2 amide bonds. The molecular weight excluding hydrogens is 384 g/mol. The smallest absolute Gasteiger partial charge is 0.287 e. The van der Waals surface area contributed by atoms with Gasteiger partial charge in [0, 0.05) is 65.0 Å². The summed E-state index contributed by atoms with van der Waals surface area (Å²) in [6.07, 6.45) is 4.58. The first kappa shape index (κ1) is 22.1. The molecule has 3 heterocycles. The fraction of sp³-hybridized carbons (Fsp3) is 0.667. The van der Waals surface area contributed by atoms with Gasteiger partial charge < -0.3 is 24.9 Å². The van der Waals surface area contributed by atoms with E-state index in [0.29, 0.717) is 18.8 Å². The van der Waals surface area contributed by atoms with E-state index in [1.54, 1.807) is 13.1 Å². The zero-order valence-corrected chi connectivity index (χ0v) is 18.2. The van der Waals surface area contributed by atoms with Crippen molar-refractivity contribution in [1.29, 1.82) is 0 Å². The summed E-state index contributed by atoms with van der Waals surface area (Å²) in [4.78, 5) is 35.2. The van der Waals surface area contributed by atoms with Gasteiger partial charge in [0.2, 0.25) is 5.91 Å². The second kappa shape index (κ2) is 11.0. The number of likely N-dealkylation sites (tertiary alicyclic amines) is 1. The van der Waals surface area contributed by atoms with E-state index in [2.05, 4.69) is 25.4 Å². The molecule has 0 aliphatic carbocycles. The topological polar surface area (TPSA) is 93.4 Å². The number of furan rings is 1. The van der Waals surface area contributed by atoms with Crippen LogP contribution >= 0.6 is 0 Å². The van der Waals surface area contributed by atoms with Crippen LogP contribution in [0.4, 0.5) is 0 Å². The van der Waals surface area contributed by atoms with E-state index in [1.165, 1.54) is 6.26 Å². The number of rotatable bonds is 7. The monoisotopic (exact) mass is 418 g/mol. The molecule has 2 saturated heterocycles. The van der Waals surface area contributed by atoms with E-state index in [1.807, 2.05) is 11.8 Å². The molecule has 166 valence electrons. The molecule has 0 bridgehead atoms.